The molecule has 4 nitrogen and oxygen atoms in total. The molecule has 2 fully saturated rings. The first-order valence-corrected chi connectivity index (χ1v) is 6.31. The van der Waals surface area contributed by atoms with Crippen molar-refractivity contribution >= 4 is 5.91 Å². The van der Waals surface area contributed by atoms with Crippen molar-refractivity contribution in [3.63, 3.8) is 0 Å². The second kappa shape index (κ2) is 5.15. The second-order valence-corrected chi connectivity index (χ2v) is 5.07. The van der Waals surface area contributed by atoms with E-state index >= 15 is 0 Å². The van der Waals surface area contributed by atoms with Crippen LogP contribution in [-0.2, 0) is 4.79 Å². The molecule has 4 heteroatoms. The number of hydrogen-bond donors (Lipinski definition) is 1. The van der Waals surface area contributed by atoms with Gasteiger partial charge in [0.05, 0.1) is 6.61 Å². The fourth-order valence-electron chi connectivity index (χ4n) is 2.59. The third-order valence-electron chi connectivity index (χ3n) is 3.67. The van der Waals surface area contributed by atoms with Crippen molar-refractivity contribution in [1.82, 2.24) is 9.80 Å². The number of likely N-dealkylation sites (tertiary alicyclic amines) is 1. The predicted molar refractivity (Wildman–Crippen MR) is 62.0 cm³/mol. The van der Waals surface area contributed by atoms with Gasteiger partial charge in [-0.05, 0) is 25.2 Å². The Morgan fingerprint density at radius 2 is 2.19 bits per heavy atom. The van der Waals surface area contributed by atoms with Crippen LogP contribution in [0.25, 0.3) is 0 Å². The molecule has 92 valence electrons. The first-order valence-electron chi connectivity index (χ1n) is 6.31. The van der Waals surface area contributed by atoms with E-state index in [4.69, 9.17) is 5.11 Å². The maximum Gasteiger partial charge on any atom is 0.219 e. The zero-order chi connectivity index (χ0) is 11.5. The molecule has 1 N–H and O–H groups in total. The summed E-state index contributed by atoms with van der Waals surface area (Å²) < 4.78 is 0. The Labute approximate surface area is 97.2 Å². The number of carbonyl (C=O) groups is 1. The van der Waals surface area contributed by atoms with Crippen molar-refractivity contribution in [2.45, 2.75) is 32.2 Å². The molecule has 1 aliphatic heterocycles. The normalized spacial score (nSPS) is 25.4. The molecular weight excluding hydrogens is 204 g/mol. The number of rotatable bonds is 5. The second-order valence-electron chi connectivity index (χ2n) is 5.07. The average Bonchev–Trinajstić information content (AvgIpc) is 2.98. The maximum absolute atomic E-state index is 11.2. The van der Waals surface area contributed by atoms with E-state index in [2.05, 4.69) is 4.90 Å². The van der Waals surface area contributed by atoms with Gasteiger partial charge in [0.25, 0.3) is 0 Å². The molecule has 1 unspecified atom stereocenters. The van der Waals surface area contributed by atoms with Gasteiger partial charge in [0.1, 0.15) is 0 Å². The van der Waals surface area contributed by atoms with Gasteiger partial charge in [0.15, 0.2) is 0 Å². The minimum absolute atomic E-state index is 0.197. The van der Waals surface area contributed by atoms with Crippen LogP contribution in [0, 0.1) is 5.92 Å². The Morgan fingerprint density at radius 1 is 1.44 bits per heavy atom. The van der Waals surface area contributed by atoms with Crippen molar-refractivity contribution < 1.29 is 9.90 Å². The third kappa shape index (κ3) is 2.95. The largest absolute Gasteiger partial charge is 0.395 e. The number of nitrogens with zero attached hydrogens (tertiary/aromatic N) is 2. The Hall–Kier alpha value is -0.610. The standard InChI is InChI=1S/C12H22N2O2/c1-10(16)13-5-4-11(8-13)9-14(6-7-15)12-2-3-12/h11-12,15H,2-9H2,1H3. The lowest BCUT2D eigenvalue weighted by Gasteiger charge is -2.24. The smallest absolute Gasteiger partial charge is 0.219 e. The fourth-order valence-corrected chi connectivity index (χ4v) is 2.59. The average molecular weight is 226 g/mol. The highest BCUT2D eigenvalue weighted by atomic mass is 16.3. The first-order chi connectivity index (χ1) is 7.70. The molecule has 0 aromatic rings. The molecule has 0 aromatic heterocycles. The summed E-state index contributed by atoms with van der Waals surface area (Å²) in [5.41, 5.74) is 0. The van der Waals surface area contributed by atoms with Gasteiger partial charge >= 0.3 is 0 Å². The van der Waals surface area contributed by atoms with Gasteiger partial charge in [-0.15, -0.1) is 0 Å². The minimum Gasteiger partial charge on any atom is -0.395 e. The Morgan fingerprint density at radius 3 is 2.69 bits per heavy atom. The lowest BCUT2D eigenvalue weighted by molar-refractivity contribution is -0.127. The van der Waals surface area contributed by atoms with Gasteiger partial charge in [-0.3, -0.25) is 9.69 Å². The Balaban J connectivity index is 1.78. The molecule has 1 saturated carbocycles. The monoisotopic (exact) mass is 226 g/mol. The number of carbonyl (C=O) groups excluding carboxylic acids is 1. The van der Waals surface area contributed by atoms with Gasteiger partial charge in [-0.25, -0.2) is 0 Å². The predicted octanol–water partition coefficient (Wildman–Crippen LogP) is 0.311. The number of aliphatic hydroxyl groups is 1. The minimum atomic E-state index is 0.197. The van der Waals surface area contributed by atoms with Crippen molar-refractivity contribution in [3.05, 3.63) is 0 Å². The molecule has 16 heavy (non-hydrogen) atoms. The van der Waals surface area contributed by atoms with Crippen molar-refractivity contribution in [1.29, 1.82) is 0 Å². The molecule has 1 amide bonds. The quantitative estimate of drug-likeness (QED) is 0.734. The topological polar surface area (TPSA) is 43.8 Å². The van der Waals surface area contributed by atoms with E-state index < -0.39 is 0 Å². The van der Waals surface area contributed by atoms with Crippen LogP contribution >= 0.6 is 0 Å². The van der Waals surface area contributed by atoms with Gasteiger partial charge in [-0.2, -0.15) is 0 Å². The van der Waals surface area contributed by atoms with Crippen LogP contribution in [-0.4, -0.2) is 59.6 Å². The molecule has 0 bridgehead atoms. The Kier molecular flexibility index (Phi) is 3.82. The third-order valence-corrected chi connectivity index (χ3v) is 3.67. The number of hydrogen-bond acceptors (Lipinski definition) is 3. The van der Waals surface area contributed by atoms with Crippen molar-refractivity contribution in [2.24, 2.45) is 5.92 Å². The number of amides is 1. The van der Waals surface area contributed by atoms with Crippen LogP contribution in [0.5, 0.6) is 0 Å². The van der Waals surface area contributed by atoms with E-state index in [0.717, 1.165) is 32.6 Å². The van der Waals surface area contributed by atoms with Gasteiger partial charge in [-0.1, -0.05) is 0 Å². The highest BCUT2D eigenvalue weighted by Crippen LogP contribution is 2.28. The van der Waals surface area contributed by atoms with Crippen LogP contribution in [0.3, 0.4) is 0 Å². The molecule has 2 rings (SSSR count). The summed E-state index contributed by atoms with van der Waals surface area (Å²) in [5, 5.41) is 9.02. The summed E-state index contributed by atoms with van der Waals surface area (Å²) in [6.07, 6.45) is 3.68. The summed E-state index contributed by atoms with van der Waals surface area (Å²) in [6.45, 7) is 5.56. The highest BCUT2D eigenvalue weighted by Gasteiger charge is 2.32. The van der Waals surface area contributed by atoms with E-state index in [9.17, 15) is 4.79 Å². The molecular formula is C12H22N2O2. The van der Waals surface area contributed by atoms with Crippen LogP contribution in [0.15, 0.2) is 0 Å². The van der Waals surface area contributed by atoms with Gasteiger partial charge in [0, 0.05) is 39.1 Å². The zero-order valence-electron chi connectivity index (χ0n) is 10.1. The molecule has 1 saturated heterocycles. The van der Waals surface area contributed by atoms with Gasteiger partial charge < -0.3 is 10.0 Å². The lowest BCUT2D eigenvalue weighted by Crippen LogP contribution is -2.35. The van der Waals surface area contributed by atoms with Crippen molar-refractivity contribution in [2.75, 3.05) is 32.8 Å². The van der Waals surface area contributed by atoms with E-state index in [1.807, 2.05) is 4.90 Å². The summed E-state index contributed by atoms with van der Waals surface area (Å²) >= 11 is 0. The summed E-state index contributed by atoms with van der Waals surface area (Å²) in [5.74, 6) is 0.804. The Bertz CT molecular complexity index is 253. The first kappa shape index (κ1) is 11.9. The summed E-state index contributed by atoms with van der Waals surface area (Å²) in [4.78, 5) is 15.6. The summed E-state index contributed by atoms with van der Waals surface area (Å²) in [6, 6.07) is 0.707. The molecule has 0 radical (unpaired) electrons. The molecule has 1 atom stereocenters. The fraction of sp³-hybridized carbons (Fsp3) is 0.917. The van der Waals surface area contributed by atoms with E-state index in [1.165, 1.54) is 12.8 Å². The molecule has 1 aliphatic carbocycles. The SMILES string of the molecule is CC(=O)N1CCC(CN(CCO)C2CC2)C1. The van der Waals surface area contributed by atoms with E-state index in [-0.39, 0.29) is 12.5 Å². The van der Waals surface area contributed by atoms with Gasteiger partial charge in [0.2, 0.25) is 5.91 Å². The summed E-state index contributed by atoms with van der Waals surface area (Å²) in [7, 11) is 0. The molecule has 0 spiro atoms. The van der Waals surface area contributed by atoms with E-state index in [0.29, 0.717) is 12.0 Å². The van der Waals surface area contributed by atoms with E-state index in [1.54, 1.807) is 6.92 Å². The van der Waals surface area contributed by atoms with Crippen LogP contribution in [0.2, 0.25) is 0 Å². The molecule has 1 heterocycles. The van der Waals surface area contributed by atoms with Crippen molar-refractivity contribution in [3.8, 4) is 0 Å². The lowest BCUT2D eigenvalue weighted by atomic mass is 10.1. The number of aliphatic hydroxyl groups excluding tert-OH is 1. The molecule has 2 aliphatic rings. The highest BCUT2D eigenvalue weighted by molar-refractivity contribution is 5.73. The van der Waals surface area contributed by atoms with Crippen LogP contribution in [0.1, 0.15) is 26.2 Å². The zero-order valence-corrected chi connectivity index (χ0v) is 10.1. The molecule has 0 aromatic carbocycles. The maximum atomic E-state index is 11.2. The van der Waals surface area contributed by atoms with Crippen LogP contribution in [0.4, 0.5) is 0 Å². The van der Waals surface area contributed by atoms with Crippen LogP contribution < -0.4 is 0 Å².